The Morgan fingerprint density at radius 1 is 1.39 bits per heavy atom. The number of anilines is 1. The number of para-hydroxylation sites is 1. The van der Waals surface area contributed by atoms with E-state index in [2.05, 4.69) is 17.6 Å². The fraction of sp³-hybridized carbons (Fsp3) is 0.556. The Labute approximate surface area is 137 Å². The molecule has 2 aliphatic heterocycles. The van der Waals surface area contributed by atoms with Crippen molar-refractivity contribution in [3.8, 4) is 0 Å². The summed E-state index contributed by atoms with van der Waals surface area (Å²) >= 11 is 0. The molecule has 0 bridgehead atoms. The van der Waals surface area contributed by atoms with Crippen molar-refractivity contribution in [1.29, 1.82) is 0 Å². The molecular weight excluding hydrogens is 290 g/mol. The van der Waals surface area contributed by atoms with Crippen molar-refractivity contribution in [2.24, 2.45) is 5.92 Å². The van der Waals surface area contributed by atoms with E-state index in [1.165, 1.54) is 0 Å². The first kappa shape index (κ1) is 16.0. The summed E-state index contributed by atoms with van der Waals surface area (Å²) < 4.78 is 0. The summed E-state index contributed by atoms with van der Waals surface area (Å²) in [5.74, 6) is 0.102. The first-order chi connectivity index (χ1) is 11.1. The van der Waals surface area contributed by atoms with Crippen LogP contribution in [0.15, 0.2) is 24.3 Å². The molecule has 0 unspecified atom stereocenters. The van der Waals surface area contributed by atoms with Gasteiger partial charge in [-0.15, -0.1) is 0 Å². The van der Waals surface area contributed by atoms with Crippen LogP contribution >= 0.6 is 0 Å². The van der Waals surface area contributed by atoms with Gasteiger partial charge in [-0.25, -0.2) is 0 Å². The molecule has 5 nitrogen and oxygen atoms in total. The summed E-state index contributed by atoms with van der Waals surface area (Å²) in [6, 6.07) is 7.18. The highest BCUT2D eigenvalue weighted by atomic mass is 16.2. The second-order valence-corrected chi connectivity index (χ2v) is 6.59. The number of nitrogens with zero attached hydrogens (tertiary/aromatic N) is 1. The maximum Gasteiger partial charge on any atom is 0.247 e. The number of hydrogen-bond acceptors (Lipinski definition) is 3. The van der Waals surface area contributed by atoms with Gasteiger partial charge in [0.2, 0.25) is 11.8 Å². The lowest BCUT2D eigenvalue weighted by molar-refractivity contribution is -0.142. The minimum atomic E-state index is -0.415. The van der Waals surface area contributed by atoms with E-state index in [1.54, 1.807) is 4.90 Å². The standard InChI is InChI=1S/C18H25N3O2/c1-3-12(2)16-17(22)20-14-8-5-4-7-13(14)11-21(16)18(23)15-9-6-10-19-15/h4-5,7-8,12,15-16,19H,3,6,9-11H2,1-2H3,(H,20,22)/t12-,15-,16-/m0/s1. The number of carbonyl (C=O) groups is 2. The lowest BCUT2D eigenvalue weighted by Gasteiger charge is -2.34. The number of fused-ring (bicyclic) bond motifs is 1. The number of nitrogens with one attached hydrogen (secondary N) is 2. The van der Waals surface area contributed by atoms with Crippen LogP contribution in [-0.2, 0) is 16.1 Å². The van der Waals surface area contributed by atoms with Gasteiger partial charge in [-0.1, -0.05) is 38.5 Å². The smallest absolute Gasteiger partial charge is 0.247 e. The molecule has 0 saturated carbocycles. The molecule has 1 aromatic carbocycles. The Morgan fingerprint density at radius 3 is 2.87 bits per heavy atom. The fourth-order valence-corrected chi connectivity index (χ4v) is 3.51. The topological polar surface area (TPSA) is 61.4 Å². The fourth-order valence-electron chi connectivity index (χ4n) is 3.51. The molecule has 0 aliphatic carbocycles. The van der Waals surface area contributed by atoms with Gasteiger partial charge in [0.15, 0.2) is 0 Å². The largest absolute Gasteiger partial charge is 0.325 e. The number of carbonyl (C=O) groups excluding carboxylic acids is 2. The zero-order valence-electron chi connectivity index (χ0n) is 13.8. The third kappa shape index (κ3) is 3.11. The van der Waals surface area contributed by atoms with Gasteiger partial charge in [-0.05, 0) is 36.9 Å². The van der Waals surface area contributed by atoms with Crippen LogP contribution < -0.4 is 10.6 Å². The van der Waals surface area contributed by atoms with E-state index in [0.29, 0.717) is 6.54 Å². The number of rotatable bonds is 3. The number of benzene rings is 1. The SMILES string of the molecule is CC[C@H](C)[C@H]1C(=O)Nc2ccccc2CN1C(=O)[C@@H]1CCCN1. The Bertz CT molecular complexity index is 596. The Morgan fingerprint density at radius 2 is 2.17 bits per heavy atom. The molecule has 0 radical (unpaired) electrons. The highest BCUT2D eigenvalue weighted by Crippen LogP contribution is 2.28. The minimum Gasteiger partial charge on any atom is -0.325 e. The Kier molecular flexibility index (Phi) is 4.66. The van der Waals surface area contributed by atoms with Crippen molar-refractivity contribution in [3.05, 3.63) is 29.8 Å². The molecule has 3 atom stereocenters. The van der Waals surface area contributed by atoms with Crippen molar-refractivity contribution >= 4 is 17.5 Å². The molecule has 0 spiro atoms. The molecule has 1 aromatic rings. The second kappa shape index (κ2) is 6.71. The highest BCUT2D eigenvalue weighted by molar-refractivity contribution is 5.99. The van der Waals surface area contributed by atoms with Gasteiger partial charge >= 0.3 is 0 Å². The van der Waals surface area contributed by atoms with Gasteiger partial charge in [0.05, 0.1) is 6.04 Å². The maximum atomic E-state index is 13.0. The lowest BCUT2D eigenvalue weighted by atomic mass is 9.96. The Hall–Kier alpha value is -1.88. The van der Waals surface area contributed by atoms with Crippen molar-refractivity contribution in [3.63, 3.8) is 0 Å². The Balaban J connectivity index is 1.96. The van der Waals surface area contributed by atoms with E-state index in [4.69, 9.17) is 0 Å². The molecule has 23 heavy (non-hydrogen) atoms. The molecule has 1 fully saturated rings. The van der Waals surface area contributed by atoms with Gasteiger partial charge in [0.25, 0.3) is 0 Å². The third-order valence-electron chi connectivity index (χ3n) is 5.04. The van der Waals surface area contributed by atoms with Crippen molar-refractivity contribution in [2.45, 2.75) is 51.7 Å². The van der Waals surface area contributed by atoms with E-state index in [1.807, 2.05) is 31.2 Å². The van der Waals surface area contributed by atoms with Gasteiger partial charge < -0.3 is 15.5 Å². The zero-order chi connectivity index (χ0) is 16.4. The summed E-state index contributed by atoms with van der Waals surface area (Å²) in [6.45, 7) is 5.47. The molecule has 124 valence electrons. The van der Waals surface area contributed by atoms with Crippen molar-refractivity contribution < 1.29 is 9.59 Å². The predicted molar refractivity (Wildman–Crippen MR) is 89.9 cm³/mol. The summed E-state index contributed by atoms with van der Waals surface area (Å²) in [6.07, 6.45) is 2.73. The average molecular weight is 315 g/mol. The van der Waals surface area contributed by atoms with Crippen molar-refractivity contribution in [2.75, 3.05) is 11.9 Å². The summed E-state index contributed by atoms with van der Waals surface area (Å²) in [4.78, 5) is 27.6. The normalized spacial score (nSPS) is 25.5. The van der Waals surface area contributed by atoms with Crippen LogP contribution in [0.25, 0.3) is 0 Å². The molecule has 2 amide bonds. The molecule has 1 saturated heterocycles. The van der Waals surface area contributed by atoms with Gasteiger partial charge in [-0.3, -0.25) is 9.59 Å². The minimum absolute atomic E-state index is 0.0552. The van der Waals surface area contributed by atoms with Gasteiger partial charge in [-0.2, -0.15) is 0 Å². The molecule has 3 rings (SSSR count). The zero-order valence-corrected chi connectivity index (χ0v) is 13.8. The quantitative estimate of drug-likeness (QED) is 0.898. The molecule has 2 N–H and O–H groups in total. The van der Waals surface area contributed by atoms with Gasteiger partial charge in [0.1, 0.15) is 6.04 Å². The first-order valence-corrected chi connectivity index (χ1v) is 8.54. The second-order valence-electron chi connectivity index (χ2n) is 6.59. The van der Waals surface area contributed by atoms with Crippen LogP contribution in [0.4, 0.5) is 5.69 Å². The molecule has 0 aromatic heterocycles. The molecule has 2 heterocycles. The summed E-state index contributed by atoms with van der Waals surface area (Å²) in [7, 11) is 0. The lowest BCUT2D eigenvalue weighted by Crippen LogP contribution is -2.53. The van der Waals surface area contributed by atoms with E-state index in [0.717, 1.165) is 37.1 Å². The number of amides is 2. The van der Waals surface area contributed by atoms with E-state index in [-0.39, 0.29) is 23.8 Å². The van der Waals surface area contributed by atoms with E-state index in [9.17, 15) is 9.59 Å². The average Bonchev–Trinajstić information content (AvgIpc) is 3.04. The van der Waals surface area contributed by atoms with Crippen LogP contribution in [0.2, 0.25) is 0 Å². The van der Waals surface area contributed by atoms with Crippen LogP contribution in [-0.4, -0.2) is 35.3 Å². The van der Waals surface area contributed by atoms with Crippen molar-refractivity contribution in [1.82, 2.24) is 10.2 Å². The highest BCUT2D eigenvalue weighted by Gasteiger charge is 2.39. The van der Waals surface area contributed by atoms with Crippen LogP contribution in [0.5, 0.6) is 0 Å². The van der Waals surface area contributed by atoms with E-state index < -0.39 is 6.04 Å². The molecular formula is C18H25N3O2. The number of hydrogen-bond donors (Lipinski definition) is 2. The van der Waals surface area contributed by atoms with Crippen LogP contribution in [0.1, 0.15) is 38.7 Å². The van der Waals surface area contributed by atoms with Gasteiger partial charge in [0, 0.05) is 12.2 Å². The summed E-state index contributed by atoms with van der Waals surface area (Å²) in [5.41, 5.74) is 1.82. The van der Waals surface area contributed by atoms with Crippen LogP contribution in [0.3, 0.4) is 0 Å². The predicted octanol–water partition coefficient (Wildman–Crippen LogP) is 2.13. The monoisotopic (exact) mass is 315 g/mol. The first-order valence-electron chi connectivity index (χ1n) is 8.54. The molecule has 5 heteroatoms. The third-order valence-corrected chi connectivity index (χ3v) is 5.04. The van der Waals surface area contributed by atoms with Crippen LogP contribution in [0, 0.1) is 5.92 Å². The molecule has 2 aliphatic rings. The summed E-state index contributed by atoms with van der Waals surface area (Å²) in [5, 5.41) is 6.28. The maximum absolute atomic E-state index is 13.0. The van der Waals surface area contributed by atoms with E-state index >= 15 is 0 Å².